The highest BCUT2D eigenvalue weighted by Crippen LogP contribution is 2.36. The molecule has 0 saturated heterocycles. The molecular weight excluding hydrogens is 272 g/mol. The molecule has 0 atom stereocenters. The van der Waals surface area contributed by atoms with Crippen molar-refractivity contribution in [1.29, 1.82) is 0 Å². The number of nitro groups is 1. The molecule has 0 amide bonds. The molecule has 1 N–H and O–H groups in total. The Kier molecular flexibility index (Phi) is 3.47. The second kappa shape index (κ2) is 5.06. The van der Waals surface area contributed by atoms with E-state index in [0.717, 1.165) is 11.8 Å². The lowest BCUT2D eigenvalue weighted by molar-refractivity contribution is -0.387. The predicted molar refractivity (Wildman–Crippen MR) is 65.2 cm³/mol. The first-order valence-corrected chi connectivity index (χ1v) is 5.85. The van der Waals surface area contributed by atoms with Crippen LogP contribution in [0.3, 0.4) is 0 Å². The van der Waals surface area contributed by atoms with Gasteiger partial charge in [0, 0.05) is 13.1 Å². The molecule has 1 heterocycles. The van der Waals surface area contributed by atoms with Gasteiger partial charge in [-0.1, -0.05) is 6.07 Å². The van der Waals surface area contributed by atoms with E-state index in [1.807, 2.05) is 0 Å². The first-order valence-electron chi connectivity index (χ1n) is 5.03. The molecule has 2 rings (SSSR count). The molecule has 0 aliphatic heterocycles. The van der Waals surface area contributed by atoms with Crippen LogP contribution in [0.5, 0.6) is 0 Å². The summed E-state index contributed by atoms with van der Waals surface area (Å²) >= 11 is 0.898. The van der Waals surface area contributed by atoms with Crippen molar-refractivity contribution < 1.29 is 14.8 Å². The maximum Gasteiger partial charge on any atom is 0.337 e. The molecule has 1 aromatic carbocycles. The largest absolute Gasteiger partial charge is 0.478 e. The molecule has 0 fully saturated rings. The summed E-state index contributed by atoms with van der Waals surface area (Å²) in [6.45, 7) is 0. The Morgan fingerprint density at radius 3 is 2.79 bits per heavy atom. The zero-order valence-corrected chi connectivity index (χ0v) is 10.5. The van der Waals surface area contributed by atoms with Gasteiger partial charge in [-0.25, -0.2) is 14.5 Å². The van der Waals surface area contributed by atoms with Crippen LogP contribution in [-0.2, 0) is 7.05 Å². The number of hydrogen-bond acceptors (Lipinski definition) is 6. The summed E-state index contributed by atoms with van der Waals surface area (Å²) in [6.07, 6.45) is 1.29. The number of carboxylic acid groups (broad SMARTS) is 1. The van der Waals surface area contributed by atoms with Gasteiger partial charge in [-0.05, 0) is 17.8 Å². The van der Waals surface area contributed by atoms with Crippen LogP contribution in [0.1, 0.15) is 10.4 Å². The third-order valence-corrected chi connectivity index (χ3v) is 3.47. The molecule has 0 spiro atoms. The Morgan fingerprint density at radius 2 is 2.26 bits per heavy atom. The molecule has 1 aromatic heterocycles. The highest BCUT2D eigenvalue weighted by molar-refractivity contribution is 7.99. The molecule has 0 saturated carbocycles. The third kappa shape index (κ3) is 2.55. The summed E-state index contributed by atoms with van der Waals surface area (Å²) in [5, 5.41) is 24.3. The predicted octanol–water partition coefficient (Wildman–Crippen LogP) is 1.57. The van der Waals surface area contributed by atoms with Gasteiger partial charge >= 0.3 is 5.97 Å². The monoisotopic (exact) mass is 280 g/mol. The minimum atomic E-state index is -1.23. The fourth-order valence-electron chi connectivity index (χ4n) is 1.41. The normalized spacial score (nSPS) is 10.4. The van der Waals surface area contributed by atoms with Crippen LogP contribution in [0.4, 0.5) is 5.69 Å². The van der Waals surface area contributed by atoms with E-state index in [0.29, 0.717) is 5.16 Å². The van der Waals surface area contributed by atoms with Crippen LogP contribution >= 0.6 is 11.8 Å². The van der Waals surface area contributed by atoms with Gasteiger partial charge in [0.1, 0.15) is 11.2 Å². The van der Waals surface area contributed by atoms with E-state index in [-0.39, 0.29) is 16.1 Å². The van der Waals surface area contributed by atoms with Crippen LogP contribution in [-0.4, -0.2) is 30.8 Å². The average molecular weight is 280 g/mol. The van der Waals surface area contributed by atoms with E-state index in [4.69, 9.17) is 5.11 Å². The molecule has 0 radical (unpaired) electrons. The number of hydrogen-bond donors (Lipinski definition) is 1. The SMILES string of the molecule is Cn1ncnc1Sc1c(C(=O)O)cccc1[N+](=O)[O-]. The molecule has 0 bridgehead atoms. The van der Waals surface area contributed by atoms with Crippen molar-refractivity contribution in [3.63, 3.8) is 0 Å². The van der Waals surface area contributed by atoms with E-state index in [1.54, 1.807) is 7.05 Å². The smallest absolute Gasteiger partial charge is 0.337 e. The Balaban J connectivity index is 2.55. The van der Waals surface area contributed by atoms with Crippen LogP contribution in [0.15, 0.2) is 34.6 Å². The van der Waals surface area contributed by atoms with E-state index >= 15 is 0 Å². The highest BCUT2D eigenvalue weighted by atomic mass is 32.2. The number of nitro benzene ring substituents is 1. The van der Waals surface area contributed by atoms with E-state index in [2.05, 4.69) is 10.1 Å². The molecule has 0 aliphatic rings. The molecule has 0 aliphatic carbocycles. The minimum Gasteiger partial charge on any atom is -0.478 e. The number of benzene rings is 1. The third-order valence-electron chi connectivity index (χ3n) is 2.28. The maximum absolute atomic E-state index is 11.1. The van der Waals surface area contributed by atoms with Crippen molar-refractivity contribution in [2.45, 2.75) is 10.1 Å². The standard InChI is InChI=1S/C10H8N4O4S/c1-13-10(11-5-12-13)19-8-6(9(15)16)3-2-4-7(8)14(17)18/h2-5H,1H3,(H,15,16). The molecule has 2 aromatic rings. The van der Waals surface area contributed by atoms with Crippen molar-refractivity contribution in [3.05, 3.63) is 40.2 Å². The fraction of sp³-hybridized carbons (Fsp3) is 0.100. The van der Waals surface area contributed by atoms with Gasteiger partial charge in [-0.2, -0.15) is 5.10 Å². The number of carbonyl (C=O) groups is 1. The van der Waals surface area contributed by atoms with Gasteiger partial charge in [0.2, 0.25) is 0 Å². The summed E-state index contributed by atoms with van der Waals surface area (Å²) in [6, 6.07) is 3.90. The van der Waals surface area contributed by atoms with Crippen molar-refractivity contribution in [2.24, 2.45) is 7.05 Å². The second-order valence-corrected chi connectivity index (χ2v) is 4.46. The Bertz CT molecular complexity index is 622. The van der Waals surface area contributed by atoms with Crippen LogP contribution in [0, 0.1) is 10.1 Å². The summed E-state index contributed by atoms with van der Waals surface area (Å²) < 4.78 is 1.41. The fourth-order valence-corrected chi connectivity index (χ4v) is 2.39. The van der Waals surface area contributed by atoms with Gasteiger partial charge in [-0.3, -0.25) is 10.1 Å². The van der Waals surface area contributed by atoms with Crippen molar-refractivity contribution in [3.8, 4) is 0 Å². The molecular formula is C10H8N4O4S. The molecule has 19 heavy (non-hydrogen) atoms. The Morgan fingerprint density at radius 1 is 1.53 bits per heavy atom. The molecule has 98 valence electrons. The number of rotatable bonds is 4. The van der Waals surface area contributed by atoms with Gasteiger partial charge in [0.05, 0.1) is 10.5 Å². The van der Waals surface area contributed by atoms with Crippen molar-refractivity contribution >= 4 is 23.4 Å². The quantitative estimate of drug-likeness (QED) is 0.668. The first-order chi connectivity index (χ1) is 9.00. The van der Waals surface area contributed by atoms with Crippen LogP contribution < -0.4 is 0 Å². The molecule has 9 heteroatoms. The maximum atomic E-state index is 11.1. The van der Waals surface area contributed by atoms with E-state index in [1.165, 1.54) is 29.2 Å². The lowest BCUT2D eigenvalue weighted by atomic mass is 10.2. The zero-order valence-electron chi connectivity index (χ0n) is 9.68. The highest BCUT2D eigenvalue weighted by Gasteiger charge is 2.23. The lowest BCUT2D eigenvalue weighted by Crippen LogP contribution is -2.03. The molecule has 8 nitrogen and oxygen atoms in total. The number of aryl methyl sites for hydroxylation is 1. The molecule has 0 unspecified atom stereocenters. The number of nitrogens with zero attached hydrogens (tertiary/aromatic N) is 4. The average Bonchev–Trinajstić information content (AvgIpc) is 2.74. The van der Waals surface area contributed by atoms with Gasteiger partial charge in [-0.15, -0.1) is 0 Å². The minimum absolute atomic E-state index is 0.0381. The van der Waals surface area contributed by atoms with E-state index < -0.39 is 10.9 Å². The van der Waals surface area contributed by atoms with Crippen LogP contribution in [0.2, 0.25) is 0 Å². The second-order valence-electron chi connectivity index (χ2n) is 3.48. The van der Waals surface area contributed by atoms with Gasteiger partial charge < -0.3 is 5.11 Å². The summed E-state index contributed by atoms with van der Waals surface area (Å²) in [4.78, 5) is 25.4. The Labute approximate surface area is 111 Å². The lowest BCUT2D eigenvalue weighted by Gasteiger charge is -2.05. The van der Waals surface area contributed by atoms with Gasteiger partial charge in [0.15, 0.2) is 5.16 Å². The Hall–Kier alpha value is -2.42. The summed E-state index contributed by atoms with van der Waals surface area (Å²) in [5.74, 6) is -1.23. The van der Waals surface area contributed by atoms with Crippen molar-refractivity contribution in [2.75, 3.05) is 0 Å². The van der Waals surface area contributed by atoms with Gasteiger partial charge in [0.25, 0.3) is 5.69 Å². The number of carboxylic acids is 1. The first kappa shape index (κ1) is 13.0. The van der Waals surface area contributed by atoms with E-state index in [9.17, 15) is 14.9 Å². The number of aromatic nitrogens is 3. The zero-order chi connectivity index (χ0) is 14.0. The number of aromatic carboxylic acids is 1. The topological polar surface area (TPSA) is 111 Å². The summed E-state index contributed by atoms with van der Waals surface area (Å²) in [7, 11) is 1.62. The van der Waals surface area contributed by atoms with Crippen LogP contribution in [0.25, 0.3) is 0 Å². The van der Waals surface area contributed by atoms with Crippen molar-refractivity contribution in [1.82, 2.24) is 14.8 Å². The summed E-state index contributed by atoms with van der Waals surface area (Å²) in [5.41, 5.74) is -0.407.